The van der Waals surface area contributed by atoms with Crippen LogP contribution in [0.15, 0.2) is 24.3 Å². The van der Waals surface area contributed by atoms with Gasteiger partial charge in [0.1, 0.15) is 5.82 Å². The summed E-state index contributed by atoms with van der Waals surface area (Å²) in [5.74, 6) is 3.11. The molecule has 3 heterocycles. The summed E-state index contributed by atoms with van der Waals surface area (Å²) < 4.78 is 34.2. The van der Waals surface area contributed by atoms with Gasteiger partial charge in [0, 0.05) is 31.4 Å². The highest BCUT2D eigenvalue weighted by molar-refractivity contribution is 7.91. The van der Waals surface area contributed by atoms with Crippen molar-refractivity contribution in [1.82, 2.24) is 9.97 Å². The van der Waals surface area contributed by atoms with Crippen molar-refractivity contribution in [3.05, 3.63) is 35.5 Å². The molecule has 1 aromatic heterocycles. The highest BCUT2D eigenvalue weighted by atomic mass is 32.2. The van der Waals surface area contributed by atoms with E-state index in [1.54, 1.807) is 0 Å². The average molecular weight is 390 g/mol. The minimum Gasteiger partial charge on any atom is -0.454 e. The van der Waals surface area contributed by atoms with Crippen molar-refractivity contribution in [2.75, 3.05) is 35.6 Å². The Bertz CT molecular complexity index is 964. The predicted molar refractivity (Wildman–Crippen MR) is 102 cm³/mol. The molecule has 9 heteroatoms. The van der Waals surface area contributed by atoms with Gasteiger partial charge in [-0.15, -0.1) is 0 Å². The lowest BCUT2D eigenvalue weighted by molar-refractivity contribution is 0.174. The molecule has 4 rings (SSSR count). The van der Waals surface area contributed by atoms with Crippen LogP contribution in [-0.2, 0) is 16.4 Å². The van der Waals surface area contributed by atoms with Crippen LogP contribution in [0.4, 0.5) is 11.8 Å². The molecule has 27 heavy (non-hydrogen) atoms. The first kappa shape index (κ1) is 17.8. The average Bonchev–Trinajstić information content (AvgIpc) is 3.24. The molecule has 1 saturated heterocycles. The van der Waals surface area contributed by atoms with E-state index < -0.39 is 9.84 Å². The monoisotopic (exact) mass is 390 g/mol. The van der Waals surface area contributed by atoms with Crippen molar-refractivity contribution in [2.24, 2.45) is 0 Å². The van der Waals surface area contributed by atoms with Crippen LogP contribution in [0.1, 0.15) is 17.7 Å². The summed E-state index contributed by atoms with van der Waals surface area (Å²) in [7, 11) is -1.11. The minimum absolute atomic E-state index is 0.0847. The summed E-state index contributed by atoms with van der Waals surface area (Å²) in [6.07, 6.45) is 0.607. The molecule has 0 bridgehead atoms. The number of hydrogen-bond donors (Lipinski definition) is 1. The van der Waals surface area contributed by atoms with Crippen molar-refractivity contribution in [3.63, 3.8) is 0 Å². The smallest absolute Gasteiger partial charge is 0.231 e. The topological polar surface area (TPSA) is 93.6 Å². The molecular weight excluding hydrogens is 368 g/mol. The molecule has 144 valence electrons. The molecule has 2 aromatic rings. The van der Waals surface area contributed by atoms with Gasteiger partial charge >= 0.3 is 0 Å². The molecule has 1 atom stereocenters. The first-order valence-electron chi connectivity index (χ1n) is 8.81. The minimum atomic E-state index is -2.95. The van der Waals surface area contributed by atoms with Crippen LogP contribution in [0.5, 0.6) is 11.5 Å². The number of ether oxygens (including phenoxy) is 2. The zero-order valence-electron chi connectivity index (χ0n) is 15.3. The Morgan fingerprint density at radius 1 is 1.22 bits per heavy atom. The van der Waals surface area contributed by atoms with Crippen molar-refractivity contribution >= 4 is 21.6 Å². The molecule has 1 fully saturated rings. The fourth-order valence-electron chi connectivity index (χ4n) is 3.29. The maximum atomic E-state index is 11.8. The Morgan fingerprint density at radius 2 is 2.04 bits per heavy atom. The number of fused-ring (bicyclic) bond motifs is 1. The molecule has 0 spiro atoms. The van der Waals surface area contributed by atoms with Crippen LogP contribution in [-0.4, -0.2) is 49.8 Å². The standard InChI is InChI=1S/C18H22N4O4S/c1-12-7-17(19-9-13-3-4-15-16(8-13)26-11-25-15)21-18(20-12)22(2)14-5-6-27(23,24)10-14/h3-4,7-8,14H,5-6,9-11H2,1-2H3,(H,19,20,21). The van der Waals surface area contributed by atoms with Gasteiger partial charge in [0.05, 0.1) is 11.5 Å². The number of nitrogens with one attached hydrogen (secondary N) is 1. The Kier molecular flexibility index (Phi) is 4.55. The van der Waals surface area contributed by atoms with Crippen LogP contribution >= 0.6 is 0 Å². The normalized spacial score (nSPS) is 19.9. The van der Waals surface area contributed by atoms with E-state index in [-0.39, 0.29) is 24.3 Å². The molecule has 0 aliphatic carbocycles. The first-order valence-corrected chi connectivity index (χ1v) is 10.6. The van der Waals surface area contributed by atoms with Gasteiger partial charge in [-0.25, -0.2) is 13.4 Å². The number of hydrogen-bond acceptors (Lipinski definition) is 8. The maximum absolute atomic E-state index is 11.8. The van der Waals surface area contributed by atoms with Gasteiger partial charge in [0.15, 0.2) is 21.3 Å². The number of sulfone groups is 1. The van der Waals surface area contributed by atoms with Crippen LogP contribution < -0.4 is 19.7 Å². The lowest BCUT2D eigenvalue weighted by Gasteiger charge is -2.24. The third-order valence-electron chi connectivity index (χ3n) is 4.82. The van der Waals surface area contributed by atoms with E-state index in [2.05, 4.69) is 15.3 Å². The van der Waals surface area contributed by atoms with Crippen molar-refractivity contribution in [1.29, 1.82) is 0 Å². The second kappa shape index (κ2) is 6.88. The second-order valence-electron chi connectivity index (χ2n) is 6.90. The van der Waals surface area contributed by atoms with E-state index in [0.29, 0.717) is 24.7 Å². The summed E-state index contributed by atoms with van der Waals surface area (Å²) in [4.78, 5) is 10.9. The van der Waals surface area contributed by atoms with E-state index >= 15 is 0 Å². The summed E-state index contributed by atoms with van der Waals surface area (Å²) in [5.41, 5.74) is 1.87. The second-order valence-corrected chi connectivity index (χ2v) is 9.13. The summed E-state index contributed by atoms with van der Waals surface area (Å²) in [6, 6.07) is 7.60. The Labute approximate surface area is 158 Å². The molecule has 2 aliphatic heterocycles. The van der Waals surface area contributed by atoms with Gasteiger partial charge in [-0.2, -0.15) is 4.98 Å². The molecule has 1 N–H and O–H groups in total. The highest BCUT2D eigenvalue weighted by Gasteiger charge is 2.31. The van der Waals surface area contributed by atoms with Gasteiger partial charge in [-0.3, -0.25) is 0 Å². The van der Waals surface area contributed by atoms with Gasteiger partial charge in [-0.1, -0.05) is 6.07 Å². The first-order chi connectivity index (χ1) is 12.9. The number of aromatic nitrogens is 2. The van der Waals surface area contributed by atoms with Gasteiger partial charge in [0.25, 0.3) is 0 Å². The number of nitrogens with zero attached hydrogens (tertiary/aromatic N) is 3. The molecule has 8 nitrogen and oxygen atoms in total. The van der Waals surface area contributed by atoms with Gasteiger partial charge in [-0.05, 0) is 31.0 Å². The zero-order chi connectivity index (χ0) is 19.0. The van der Waals surface area contributed by atoms with E-state index in [4.69, 9.17) is 9.47 Å². The molecule has 0 saturated carbocycles. The largest absolute Gasteiger partial charge is 0.454 e. The number of benzene rings is 1. The van der Waals surface area contributed by atoms with Crippen LogP contribution in [0.3, 0.4) is 0 Å². The van der Waals surface area contributed by atoms with Crippen molar-refractivity contribution < 1.29 is 17.9 Å². The SMILES string of the molecule is Cc1cc(NCc2ccc3c(c2)OCO3)nc(N(C)C2CCS(=O)(=O)C2)n1. The van der Waals surface area contributed by atoms with Crippen molar-refractivity contribution in [3.8, 4) is 11.5 Å². The lowest BCUT2D eigenvalue weighted by Crippen LogP contribution is -2.34. The van der Waals surface area contributed by atoms with E-state index in [9.17, 15) is 8.42 Å². The van der Waals surface area contributed by atoms with Crippen LogP contribution in [0.2, 0.25) is 0 Å². The maximum Gasteiger partial charge on any atom is 0.231 e. The quantitative estimate of drug-likeness (QED) is 0.825. The van der Waals surface area contributed by atoms with E-state index in [1.807, 2.05) is 43.1 Å². The third kappa shape index (κ3) is 3.92. The molecular formula is C18H22N4O4S. The van der Waals surface area contributed by atoms with Crippen LogP contribution in [0.25, 0.3) is 0 Å². The van der Waals surface area contributed by atoms with E-state index in [1.165, 1.54) is 0 Å². The number of aryl methyl sites for hydroxylation is 1. The summed E-state index contributed by atoms with van der Waals surface area (Å²) >= 11 is 0. The predicted octanol–water partition coefficient (Wildman–Crippen LogP) is 1.75. The summed E-state index contributed by atoms with van der Waals surface area (Å²) in [5, 5.41) is 3.30. The fourth-order valence-corrected chi connectivity index (χ4v) is 5.06. The zero-order valence-corrected chi connectivity index (χ0v) is 16.1. The molecule has 1 unspecified atom stereocenters. The van der Waals surface area contributed by atoms with Crippen molar-refractivity contribution in [2.45, 2.75) is 25.9 Å². The van der Waals surface area contributed by atoms with Crippen LogP contribution in [0, 0.1) is 6.92 Å². The fraction of sp³-hybridized carbons (Fsp3) is 0.444. The van der Waals surface area contributed by atoms with E-state index in [0.717, 1.165) is 22.8 Å². The third-order valence-corrected chi connectivity index (χ3v) is 6.57. The highest BCUT2D eigenvalue weighted by Crippen LogP contribution is 2.32. The Hall–Kier alpha value is -2.55. The lowest BCUT2D eigenvalue weighted by atomic mass is 10.2. The molecule has 1 aromatic carbocycles. The number of rotatable bonds is 5. The Balaban J connectivity index is 1.47. The molecule has 0 amide bonds. The molecule has 2 aliphatic rings. The molecule has 0 radical (unpaired) electrons. The summed E-state index contributed by atoms with van der Waals surface area (Å²) in [6.45, 7) is 2.73. The Morgan fingerprint density at radius 3 is 2.81 bits per heavy atom. The number of anilines is 2. The van der Waals surface area contributed by atoms with Gasteiger partial charge < -0.3 is 19.7 Å². The van der Waals surface area contributed by atoms with Gasteiger partial charge in [0.2, 0.25) is 12.7 Å².